The van der Waals surface area contributed by atoms with Crippen LogP contribution in [0.1, 0.15) is 18.2 Å². The summed E-state index contributed by atoms with van der Waals surface area (Å²) in [6.45, 7) is 4.04. The van der Waals surface area contributed by atoms with Gasteiger partial charge in [0.15, 0.2) is 5.96 Å². The predicted octanol–water partition coefficient (Wildman–Crippen LogP) is 1.75. The number of aliphatic imine (C=N–C) groups is 1. The summed E-state index contributed by atoms with van der Waals surface area (Å²) in [6.07, 6.45) is 1.75. The van der Waals surface area contributed by atoms with Crippen LogP contribution in [-0.4, -0.2) is 46.7 Å². The van der Waals surface area contributed by atoms with Crippen molar-refractivity contribution in [2.75, 3.05) is 20.1 Å². The number of guanidine groups is 1. The van der Waals surface area contributed by atoms with Crippen LogP contribution in [0.25, 0.3) is 0 Å². The number of rotatable bonds is 7. The van der Waals surface area contributed by atoms with Gasteiger partial charge in [-0.1, -0.05) is 30.3 Å². The molecule has 8 heteroatoms. The zero-order valence-electron chi connectivity index (χ0n) is 15.5. The number of hydrogen-bond acceptors (Lipinski definition) is 3. The number of nitrogens with zero attached hydrogens (tertiary/aromatic N) is 4. The van der Waals surface area contributed by atoms with Gasteiger partial charge in [-0.15, -0.1) is 24.0 Å². The second-order valence-electron chi connectivity index (χ2n) is 5.62. The lowest BCUT2D eigenvalue weighted by Crippen LogP contribution is -2.44. The first-order valence-electron chi connectivity index (χ1n) is 8.37. The average Bonchev–Trinajstić information content (AvgIpc) is 3.05. The van der Waals surface area contributed by atoms with Crippen LogP contribution in [0.2, 0.25) is 0 Å². The molecule has 142 valence electrons. The lowest BCUT2D eigenvalue weighted by atomic mass is 10.2. The van der Waals surface area contributed by atoms with E-state index in [-0.39, 0.29) is 36.4 Å². The van der Waals surface area contributed by atoms with Gasteiger partial charge in [-0.2, -0.15) is 5.10 Å². The van der Waals surface area contributed by atoms with Crippen LogP contribution in [0.5, 0.6) is 0 Å². The Hall–Kier alpha value is -2.10. The van der Waals surface area contributed by atoms with Crippen molar-refractivity contribution in [3.63, 3.8) is 0 Å². The lowest BCUT2D eigenvalue weighted by molar-refractivity contribution is -0.130. The van der Waals surface area contributed by atoms with Crippen molar-refractivity contribution < 1.29 is 4.79 Å². The van der Waals surface area contributed by atoms with Gasteiger partial charge in [0.05, 0.1) is 18.8 Å². The molecular weight excluding hydrogens is 443 g/mol. The third-order valence-corrected chi connectivity index (χ3v) is 3.94. The number of hydrogen-bond donors (Lipinski definition) is 2. The largest absolute Gasteiger partial charge is 0.351 e. The molecule has 0 aliphatic heterocycles. The SMILES string of the molecule is CCN(Cc1ccccc1)C(=O)CNC(=NC)NCc1ccnn1C.I. The van der Waals surface area contributed by atoms with Crippen LogP contribution in [0.3, 0.4) is 0 Å². The predicted molar refractivity (Wildman–Crippen MR) is 114 cm³/mol. The third kappa shape index (κ3) is 6.66. The Morgan fingerprint density at radius 1 is 1.23 bits per heavy atom. The Kier molecular flexibility index (Phi) is 9.71. The first-order valence-corrected chi connectivity index (χ1v) is 8.37. The summed E-state index contributed by atoms with van der Waals surface area (Å²) >= 11 is 0. The monoisotopic (exact) mass is 470 g/mol. The topological polar surface area (TPSA) is 74.6 Å². The summed E-state index contributed by atoms with van der Waals surface area (Å²) in [6, 6.07) is 11.9. The molecule has 26 heavy (non-hydrogen) atoms. The number of aromatic nitrogens is 2. The number of carbonyl (C=O) groups is 1. The van der Waals surface area contributed by atoms with Crippen LogP contribution in [0, 0.1) is 0 Å². The fourth-order valence-electron chi connectivity index (χ4n) is 2.42. The normalized spacial score (nSPS) is 10.8. The van der Waals surface area contributed by atoms with E-state index >= 15 is 0 Å². The zero-order chi connectivity index (χ0) is 18.1. The molecule has 0 aliphatic carbocycles. The summed E-state index contributed by atoms with van der Waals surface area (Å²) in [7, 11) is 3.57. The van der Waals surface area contributed by atoms with Crippen molar-refractivity contribution in [1.29, 1.82) is 0 Å². The Morgan fingerprint density at radius 2 is 1.96 bits per heavy atom. The summed E-state index contributed by atoms with van der Waals surface area (Å²) in [4.78, 5) is 18.4. The molecule has 0 radical (unpaired) electrons. The highest BCUT2D eigenvalue weighted by molar-refractivity contribution is 14.0. The number of halogens is 1. The molecule has 2 rings (SSSR count). The van der Waals surface area contributed by atoms with Gasteiger partial charge in [-0.05, 0) is 18.6 Å². The second-order valence-corrected chi connectivity index (χ2v) is 5.62. The molecule has 0 fully saturated rings. The minimum absolute atomic E-state index is 0. The standard InChI is InChI=1S/C18H26N6O.HI/c1-4-24(14-15-8-6-5-7-9-15)17(25)13-21-18(19-2)20-12-16-10-11-22-23(16)3;/h5-11H,4,12-14H2,1-3H3,(H2,19,20,21);1H. The molecule has 0 saturated carbocycles. The van der Waals surface area contributed by atoms with E-state index in [0.29, 0.717) is 25.6 Å². The molecule has 0 unspecified atom stereocenters. The lowest BCUT2D eigenvalue weighted by Gasteiger charge is -2.22. The van der Waals surface area contributed by atoms with Gasteiger partial charge < -0.3 is 15.5 Å². The van der Waals surface area contributed by atoms with E-state index in [0.717, 1.165) is 11.3 Å². The third-order valence-electron chi connectivity index (χ3n) is 3.94. The number of likely N-dealkylation sites (N-methyl/N-ethyl adjacent to an activating group) is 1. The van der Waals surface area contributed by atoms with Gasteiger partial charge in [0.2, 0.25) is 5.91 Å². The quantitative estimate of drug-likeness (QED) is 0.368. The first kappa shape index (κ1) is 21.9. The fraction of sp³-hybridized carbons (Fsp3) is 0.389. The van der Waals surface area contributed by atoms with Gasteiger partial charge >= 0.3 is 0 Å². The van der Waals surface area contributed by atoms with E-state index in [9.17, 15) is 4.79 Å². The molecule has 1 aromatic heterocycles. The minimum Gasteiger partial charge on any atom is -0.351 e. The highest BCUT2D eigenvalue weighted by Gasteiger charge is 2.12. The highest BCUT2D eigenvalue weighted by Crippen LogP contribution is 2.04. The first-order chi connectivity index (χ1) is 12.1. The average molecular weight is 470 g/mol. The van der Waals surface area contributed by atoms with Crippen LogP contribution >= 0.6 is 24.0 Å². The highest BCUT2D eigenvalue weighted by atomic mass is 127. The van der Waals surface area contributed by atoms with Crippen LogP contribution in [-0.2, 0) is 24.9 Å². The molecule has 1 aromatic carbocycles. The number of carbonyl (C=O) groups excluding carboxylic acids is 1. The van der Waals surface area contributed by atoms with Gasteiger partial charge in [-0.25, -0.2) is 0 Å². The molecule has 2 aromatic rings. The molecule has 0 saturated heterocycles. The van der Waals surface area contributed by atoms with Crippen molar-refractivity contribution in [2.45, 2.75) is 20.0 Å². The fourth-order valence-corrected chi connectivity index (χ4v) is 2.42. The molecule has 7 nitrogen and oxygen atoms in total. The van der Waals surface area contributed by atoms with Crippen LogP contribution < -0.4 is 10.6 Å². The van der Waals surface area contributed by atoms with Crippen LogP contribution in [0.15, 0.2) is 47.6 Å². The smallest absolute Gasteiger partial charge is 0.242 e. The number of aryl methyl sites for hydroxylation is 1. The molecule has 0 bridgehead atoms. The number of nitrogens with one attached hydrogen (secondary N) is 2. The summed E-state index contributed by atoms with van der Waals surface area (Å²) < 4.78 is 1.80. The summed E-state index contributed by atoms with van der Waals surface area (Å²) in [5.74, 6) is 0.625. The van der Waals surface area contributed by atoms with E-state index in [1.54, 1.807) is 17.9 Å². The molecule has 2 N–H and O–H groups in total. The van der Waals surface area contributed by atoms with E-state index in [4.69, 9.17) is 0 Å². The Bertz CT molecular complexity index is 701. The molecule has 1 heterocycles. The number of benzene rings is 1. The van der Waals surface area contributed by atoms with Crippen molar-refractivity contribution in [2.24, 2.45) is 12.0 Å². The van der Waals surface area contributed by atoms with Crippen molar-refractivity contribution in [1.82, 2.24) is 25.3 Å². The molecule has 0 aliphatic rings. The van der Waals surface area contributed by atoms with E-state index in [1.807, 2.05) is 55.3 Å². The number of amides is 1. The Labute approximate surface area is 171 Å². The maximum Gasteiger partial charge on any atom is 0.242 e. The molecule has 1 amide bonds. The van der Waals surface area contributed by atoms with E-state index in [1.165, 1.54) is 0 Å². The zero-order valence-corrected chi connectivity index (χ0v) is 17.8. The van der Waals surface area contributed by atoms with Gasteiger partial charge in [0.1, 0.15) is 0 Å². The molecule has 0 spiro atoms. The van der Waals surface area contributed by atoms with Gasteiger partial charge in [0, 0.05) is 33.4 Å². The second kappa shape index (κ2) is 11.5. The maximum absolute atomic E-state index is 12.5. The van der Waals surface area contributed by atoms with Crippen LogP contribution in [0.4, 0.5) is 0 Å². The summed E-state index contributed by atoms with van der Waals surface area (Å²) in [5.41, 5.74) is 2.16. The summed E-state index contributed by atoms with van der Waals surface area (Å²) in [5, 5.41) is 10.4. The van der Waals surface area contributed by atoms with Crippen molar-refractivity contribution in [3.05, 3.63) is 53.9 Å². The minimum atomic E-state index is 0. The van der Waals surface area contributed by atoms with Gasteiger partial charge in [0.25, 0.3) is 0 Å². The molecule has 0 atom stereocenters. The Morgan fingerprint density at radius 3 is 2.54 bits per heavy atom. The van der Waals surface area contributed by atoms with E-state index in [2.05, 4.69) is 20.7 Å². The molecular formula is C18H27IN6O. The Balaban J connectivity index is 0.00000338. The van der Waals surface area contributed by atoms with E-state index < -0.39 is 0 Å². The van der Waals surface area contributed by atoms with Crippen molar-refractivity contribution in [3.8, 4) is 0 Å². The maximum atomic E-state index is 12.5. The van der Waals surface area contributed by atoms with Gasteiger partial charge in [-0.3, -0.25) is 14.5 Å². The van der Waals surface area contributed by atoms with Crippen molar-refractivity contribution >= 4 is 35.8 Å².